The van der Waals surface area contributed by atoms with Gasteiger partial charge in [0.15, 0.2) is 0 Å². The maximum atomic E-state index is 4.92. The summed E-state index contributed by atoms with van der Waals surface area (Å²) in [5.74, 6) is 0.514. The molecule has 0 atom stereocenters. The first-order chi connectivity index (χ1) is 5.47. The van der Waals surface area contributed by atoms with Crippen LogP contribution in [0.15, 0.2) is 29.1 Å². The van der Waals surface area contributed by atoms with Gasteiger partial charge in [0.2, 0.25) is 0 Å². The minimum absolute atomic E-state index is 0. The van der Waals surface area contributed by atoms with Gasteiger partial charge in [0.25, 0.3) is 0 Å². The van der Waals surface area contributed by atoms with Crippen LogP contribution in [0.25, 0.3) is 11.5 Å². The molecule has 0 saturated heterocycles. The van der Waals surface area contributed by atoms with Gasteiger partial charge in [-0.15, -0.1) is 0 Å². The molecule has 0 radical (unpaired) electrons. The minimum Gasteiger partial charge on any atom is -0.627 e. The van der Waals surface area contributed by atoms with Gasteiger partial charge < -0.3 is 9.40 Å². The Labute approximate surface area is 81.2 Å². The zero-order valence-electron chi connectivity index (χ0n) is 6.56. The summed E-state index contributed by atoms with van der Waals surface area (Å²) < 4.78 is 4.92. The molecule has 54 valence electrons. The van der Waals surface area contributed by atoms with Crippen LogP contribution in [-0.2, 0) is 0 Å². The largest absolute Gasteiger partial charge is 1.00 e. The van der Waals surface area contributed by atoms with Crippen LogP contribution < -0.4 is 18.9 Å². The third-order valence-electron chi connectivity index (χ3n) is 1.22. The Morgan fingerprint density at radius 3 is 2.83 bits per heavy atom. The summed E-state index contributed by atoms with van der Waals surface area (Å²) in [6, 6.07) is 1.77. The van der Waals surface area contributed by atoms with Crippen LogP contribution in [0.3, 0.4) is 0 Å². The van der Waals surface area contributed by atoms with Gasteiger partial charge in [0.05, 0.1) is 5.89 Å². The second-order valence-corrected chi connectivity index (χ2v) is 1.91. The van der Waals surface area contributed by atoms with Gasteiger partial charge in [-0.2, -0.15) is 10.2 Å². The van der Waals surface area contributed by atoms with Crippen LogP contribution in [-0.4, -0.2) is 15.2 Å². The van der Waals surface area contributed by atoms with Crippen molar-refractivity contribution in [2.45, 2.75) is 0 Å². The molecule has 0 aliphatic rings. The normalized spacial score (nSPS) is 9.00. The Kier molecular flexibility index (Phi) is 3.03. The first kappa shape index (κ1) is 8.98. The molecule has 0 aliphatic heterocycles. The molecule has 2 aromatic heterocycles. The van der Waals surface area contributed by atoms with Crippen LogP contribution in [0.2, 0.25) is 0 Å². The van der Waals surface area contributed by atoms with E-state index in [1.807, 2.05) is 0 Å². The molecule has 2 heterocycles. The van der Waals surface area contributed by atoms with Crippen LogP contribution in [0.1, 0.15) is 0 Å². The molecule has 0 amide bonds. The van der Waals surface area contributed by atoms with Crippen molar-refractivity contribution in [3.63, 3.8) is 0 Å². The fourth-order valence-electron chi connectivity index (χ4n) is 0.744. The smallest absolute Gasteiger partial charge is 0.627 e. The predicted molar refractivity (Wildman–Crippen MR) is 36.4 cm³/mol. The fourth-order valence-corrected chi connectivity index (χ4v) is 0.744. The van der Waals surface area contributed by atoms with Crippen molar-refractivity contribution in [3.8, 4) is 11.5 Å². The molecule has 0 saturated carbocycles. The van der Waals surface area contributed by atoms with Gasteiger partial charge in [-0.05, 0) is 17.8 Å². The van der Waals surface area contributed by atoms with Crippen LogP contribution in [0.4, 0.5) is 0 Å². The van der Waals surface area contributed by atoms with Crippen LogP contribution in [0.5, 0.6) is 0 Å². The summed E-state index contributed by atoms with van der Waals surface area (Å²) in [5, 5.41) is 7.30. The Bertz CT molecular complexity index is 322. The topological polar surface area (TPSA) is 51.8 Å². The van der Waals surface area contributed by atoms with E-state index < -0.39 is 0 Å². The number of aromatic nitrogens is 3. The summed E-state index contributed by atoms with van der Waals surface area (Å²) in [7, 11) is 0. The molecule has 0 aromatic carbocycles. The molecular formula is C7H4LiN3O. The van der Waals surface area contributed by atoms with E-state index in [1.165, 1.54) is 6.20 Å². The summed E-state index contributed by atoms with van der Waals surface area (Å²) in [5.41, 5.74) is 0.807. The molecule has 12 heavy (non-hydrogen) atoms. The van der Waals surface area contributed by atoms with E-state index in [0.29, 0.717) is 5.89 Å². The maximum Gasteiger partial charge on any atom is 1.00 e. The van der Waals surface area contributed by atoms with E-state index in [2.05, 4.69) is 21.4 Å². The van der Waals surface area contributed by atoms with Gasteiger partial charge >= 0.3 is 18.9 Å². The van der Waals surface area contributed by atoms with Gasteiger partial charge in [-0.1, -0.05) is 6.26 Å². The number of nitrogens with zero attached hydrogens (tertiary/aromatic N) is 3. The van der Waals surface area contributed by atoms with E-state index in [9.17, 15) is 0 Å². The molecule has 5 heteroatoms. The number of hydrogen-bond donors (Lipinski definition) is 0. The minimum atomic E-state index is 0. The predicted octanol–water partition coefficient (Wildman–Crippen LogP) is -2.06. The first-order valence-corrected chi connectivity index (χ1v) is 3.06. The standard InChI is InChI=1S/C7H4N3O.Li/c1-2-9-10-5-6(1)7-8-3-4-11-7;/h1-3,5H;/q-1;+1. The summed E-state index contributed by atoms with van der Waals surface area (Å²) in [4.78, 5) is 3.90. The van der Waals surface area contributed by atoms with Gasteiger partial charge in [0, 0.05) is 12.4 Å². The quantitative estimate of drug-likeness (QED) is 0.349. The van der Waals surface area contributed by atoms with E-state index in [4.69, 9.17) is 4.42 Å². The van der Waals surface area contributed by atoms with Crippen molar-refractivity contribution in [3.05, 3.63) is 30.9 Å². The molecule has 4 nitrogen and oxygen atoms in total. The molecule has 2 rings (SSSR count). The third-order valence-corrected chi connectivity index (χ3v) is 1.22. The molecule has 2 aromatic rings. The molecule has 0 N–H and O–H groups in total. The SMILES string of the molecule is [Li+].[c-]1cnc(-c2ccnnc2)o1. The zero-order valence-corrected chi connectivity index (χ0v) is 6.56. The average Bonchev–Trinajstić information content (AvgIpc) is 2.58. The fraction of sp³-hybridized carbons (Fsp3) is 0. The molecule has 0 spiro atoms. The number of rotatable bonds is 1. The third kappa shape index (κ3) is 1.73. The van der Waals surface area contributed by atoms with Gasteiger partial charge in [-0.3, -0.25) is 0 Å². The molecular weight excluding hydrogens is 149 g/mol. The monoisotopic (exact) mass is 153 g/mol. The Hall–Kier alpha value is -1.11. The Morgan fingerprint density at radius 1 is 1.33 bits per heavy atom. The molecule has 0 fully saturated rings. The molecule has 0 bridgehead atoms. The van der Waals surface area contributed by atoms with E-state index in [0.717, 1.165) is 5.56 Å². The first-order valence-electron chi connectivity index (χ1n) is 3.06. The van der Waals surface area contributed by atoms with Crippen molar-refractivity contribution in [2.75, 3.05) is 0 Å². The Morgan fingerprint density at radius 2 is 2.25 bits per heavy atom. The van der Waals surface area contributed by atoms with Crippen molar-refractivity contribution in [1.29, 1.82) is 0 Å². The summed E-state index contributed by atoms with van der Waals surface area (Å²) in [6.45, 7) is 0. The van der Waals surface area contributed by atoms with Crippen molar-refractivity contribution in [2.24, 2.45) is 0 Å². The molecule has 0 aliphatic carbocycles. The van der Waals surface area contributed by atoms with Crippen LogP contribution >= 0.6 is 0 Å². The van der Waals surface area contributed by atoms with E-state index in [1.54, 1.807) is 18.5 Å². The molecule has 0 unspecified atom stereocenters. The van der Waals surface area contributed by atoms with Crippen molar-refractivity contribution < 1.29 is 23.3 Å². The number of oxazole rings is 1. The van der Waals surface area contributed by atoms with Crippen molar-refractivity contribution in [1.82, 2.24) is 15.2 Å². The number of hydrogen-bond acceptors (Lipinski definition) is 4. The van der Waals surface area contributed by atoms with Crippen molar-refractivity contribution >= 4 is 0 Å². The average molecular weight is 153 g/mol. The second kappa shape index (κ2) is 4.05. The second-order valence-electron chi connectivity index (χ2n) is 1.91. The van der Waals surface area contributed by atoms with Gasteiger partial charge in [-0.25, -0.2) is 0 Å². The van der Waals surface area contributed by atoms with E-state index >= 15 is 0 Å². The van der Waals surface area contributed by atoms with Gasteiger partial charge in [0.1, 0.15) is 0 Å². The summed E-state index contributed by atoms with van der Waals surface area (Å²) in [6.07, 6.45) is 7.13. The van der Waals surface area contributed by atoms with Crippen LogP contribution in [0, 0.1) is 6.26 Å². The zero-order chi connectivity index (χ0) is 7.52. The maximum absolute atomic E-state index is 4.92. The van der Waals surface area contributed by atoms with E-state index in [-0.39, 0.29) is 18.9 Å². The summed E-state index contributed by atoms with van der Waals surface area (Å²) >= 11 is 0. The Balaban J connectivity index is 0.000000720.